The summed E-state index contributed by atoms with van der Waals surface area (Å²) in [6.07, 6.45) is 7.81. The summed E-state index contributed by atoms with van der Waals surface area (Å²) in [7, 11) is 6.63. The number of ketones is 3. The number of carbonyl (C=O) groups excluding carboxylic acids is 3. The Morgan fingerprint density at radius 3 is 1.27 bits per heavy atom. The van der Waals surface area contributed by atoms with Crippen LogP contribution < -0.4 is 19.4 Å². The number of hydrogen-bond donors (Lipinski definition) is 0. The van der Waals surface area contributed by atoms with Crippen molar-refractivity contribution in [3.05, 3.63) is 173 Å². The van der Waals surface area contributed by atoms with Crippen molar-refractivity contribution in [2.45, 2.75) is 70.1 Å². The summed E-state index contributed by atoms with van der Waals surface area (Å²) in [5.74, 6) is 1.62. The number of aryl methyl sites for hydroxylation is 4. The van der Waals surface area contributed by atoms with E-state index in [1.54, 1.807) is 124 Å². The van der Waals surface area contributed by atoms with Crippen molar-refractivity contribution in [2.75, 3.05) is 61.1 Å². The van der Waals surface area contributed by atoms with E-state index in [2.05, 4.69) is 60.5 Å². The molecule has 0 saturated carbocycles. The lowest BCUT2D eigenvalue weighted by Crippen LogP contribution is -2.21. The lowest BCUT2D eigenvalue weighted by molar-refractivity contribution is -0.141. The first-order valence-electron chi connectivity index (χ1n) is 31.0. The fourth-order valence-electron chi connectivity index (χ4n) is 12.0. The highest BCUT2D eigenvalue weighted by atomic mass is 19.4. The van der Waals surface area contributed by atoms with E-state index in [9.17, 15) is 40.7 Å². The maximum absolute atomic E-state index is 13.5. The minimum absolute atomic E-state index is 0.0145. The Labute approximate surface area is 549 Å². The van der Waals surface area contributed by atoms with Crippen LogP contribution in [0.4, 0.5) is 44.2 Å². The first-order chi connectivity index (χ1) is 46.7. The molecular weight excluding hydrogens is 1260 g/mol. The Hall–Kier alpha value is -11.3. The Morgan fingerprint density at radius 1 is 0.505 bits per heavy atom. The standard InChI is InChI=1S/C22H19F4N7O.C22H22FN7O2.C22H22FN7O/c1-31-20(15(11-27-31)16-3-2-4-18(28-16)22(24,25)26)17(34)9-13-5-8-33-19(10-13)29-21(30-33)32-7-6-14(23)12-32;1-28-21(17(12-25-28)18-11-16(32-2)3-6-24-18)19(31)9-14-4-8-30-20(10-14)26-22(27-30)29-7-5-15(23)13-29;1-14-3-6-24-18(9-14)17-12-25-28(2)21(17)19(31)10-15-4-8-30-20(11-15)26-22(27-30)29-7-5-16(23)13-29/h2-5,8,10-11,14H,6-7,9,12H2,1H3;3-4,6,8,10-12,15H,5,7,9,13H2,1-2H3;3-4,6,8-9,11-12,16H,5,7,10,13H2,1-2H3/t14-;15-;16-/m000/s1. The van der Waals surface area contributed by atoms with E-state index < -0.39 is 30.4 Å². The second-order valence-corrected chi connectivity index (χ2v) is 23.8. The number of fused-ring (bicyclic) bond motifs is 3. The fraction of sp³-hybridized carbons (Fsp3) is 0.318. The van der Waals surface area contributed by atoms with Gasteiger partial charge >= 0.3 is 6.18 Å². The van der Waals surface area contributed by atoms with Crippen molar-refractivity contribution in [3.63, 3.8) is 0 Å². The van der Waals surface area contributed by atoms with E-state index in [0.717, 1.165) is 34.0 Å². The Morgan fingerprint density at radius 2 is 0.897 bits per heavy atom. The van der Waals surface area contributed by atoms with Crippen molar-refractivity contribution in [3.8, 4) is 39.5 Å². The topological polar surface area (TPSA) is 253 Å². The van der Waals surface area contributed by atoms with Gasteiger partial charge in [0.05, 0.1) is 62.4 Å². The number of nitrogens with zero attached hydrogens (tertiary/aromatic N) is 21. The number of halogens is 6. The molecule has 31 heteroatoms. The van der Waals surface area contributed by atoms with Crippen LogP contribution in [0.3, 0.4) is 0 Å². The quantitative estimate of drug-likeness (QED) is 0.0646. The molecule has 498 valence electrons. The smallest absolute Gasteiger partial charge is 0.433 e. The SMILES string of the molecule is COc1ccnc(-c2cnn(C)c2C(=O)Cc2ccn3nc(N4CC[C@H](F)C4)nc3c2)c1.Cc1ccnc(-c2cnn(C)c2C(=O)Cc2ccn3nc(N4CC[C@H](F)C4)nc3c2)c1.Cn1ncc(-c2cccc(C(F)(F)F)n2)c1C(=O)Cc1ccn2nc(N3CC[C@H](F)C3)nc2c1. The van der Waals surface area contributed by atoms with E-state index in [1.165, 1.54) is 23.0 Å². The minimum Gasteiger partial charge on any atom is -0.497 e. The van der Waals surface area contributed by atoms with Gasteiger partial charge in [-0.05, 0) is 115 Å². The largest absolute Gasteiger partial charge is 0.497 e. The molecule has 15 heterocycles. The molecule has 0 aromatic carbocycles. The molecule has 0 radical (unpaired) electrons. The number of methoxy groups -OCH3 is 1. The third kappa shape index (κ3) is 14.0. The summed E-state index contributed by atoms with van der Waals surface area (Å²) in [5.41, 5.74) is 8.15. The van der Waals surface area contributed by atoms with Crippen LogP contribution in [0.25, 0.3) is 50.7 Å². The molecule has 12 aromatic rings. The number of ether oxygens (including phenoxy) is 1. The van der Waals surface area contributed by atoms with Gasteiger partial charge in [-0.15, -0.1) is 15.3 Å². The van der Waals surface area contributed by atoms with Crippen molar-refractivity contribution < 1.29 is 45.5 Å². The second-order valence-electron chi connectivity index (χ2n) is 23.8. The lowest BCUT2D eigenvalue weighted by atomic mass is 10.0. The maximum Gasteiger partial charge on any atom is 0.433 e. The van der Waals surface area contributed by atoms with Gasteiger partial charge in [-0.3, -0.25) is 38.4 Å². The van der Waals surface area contributed by atoms with E-state index in [4.69, 9.17) is 4.74 Å². The van der Waals surface area contributed by atoms with E-state index >= 15 is 0 Å². The Kier molecular flexibility index (Phi) is 17.8. The number of aromatic nitrogens is 18. The molecule has 0 spiro atoms. The van der Waals surface area contributed by atoms with Gasteiger partial charge in [0.15, 0.2) is 34.3 Å². The Balaban J connectivity index is 0.000000131. The molecule has 12 aromatic heterocycles. The molecule has 3 saturated heterocycles. The highest BCUT2D eigenvalue weighted by Crippen LogP contribution is 2.33. The summed E-state index contributed by atoms with van der Waals surface area (Å²) in [6.45, 7) is 4.61. The molecule has 0 N–H and O–H groups in total. The van der Waals surface area contributed by atoms with Gasteiger partial charge in [0.25, 0.3) is 0 Å². The van der Waals surface area contributed by atoms with Crippen molar-refractivity contribution in [2.24, 2.45) is 21.1 Å². The maximum atomic E-state index is 13.5. The van der Waals surface area contributed by atoms with Crippen molar-refractivity contribution >= 4 is 52.1 Å². The molecule has 15 rings (SSSR count). The number of hydrogen-bond acceptors (Lipinski definition) is 19. The van der Waals surface area contributed by atoms with E-state index in [1.807, 2.05) is 53.1 Å². The van der Waals surface area contributed by atoms with Crippen LogP contribution in [-0.4, -0.2) is 170 Å². The highest BCUT2D eigenvalue weighted by molar-refractivity contribution is 6.03. The summed E-state index contributed by atoms with van der Waals surface area (Å²) >= 11 is 0. The number of rotatable bonds is 16. The number of alkyl halides is 6. The molecule has 0 unspecified atom stereocenters. The molecule has 3 aliphatic heterocycles. The highest BCUT2D eigenvalue weighted by Gasteiger charge is 2.34. The summed E-state index contributed by atoms with van der Waals surface area (Å²) in [6, 6.07) is 21.7. The zero-order chi connectivity index (χ0) is 67.8. The zero-order valence-corrected chi connectivity index (χ0v) is 53.1. The summed E-state index contributed by atoms with van der Waals surface area (Å²) in [4.78, 5) is 70.9. The zero-order valence-electron chi connectivity index (χ0n) is 53.1. The van der Waals surface area contributed by atoms with Crippen LogP contribution in [0.2, 0.25) is 0 Å². The normalized spacial score (nSPS) is 16.3. The number of pyridine rings is 6. The number of anilines is 3. The van der Waals surface area contributed by atoms with Crippen LogP contribution >= 0.6 is 0 Å². The predicted molar refractivity (Wildman–Crippen MR) is 344 cm³/mol. The van der Waals surface area contributed by atoms with Gasteiger partial charge in [0, 0.05) is 114 Å². The predicted octanol–water partition coefficient (Wildman–Crippen LogP) is 8.83. The molecule has 3 aliphatic rings. The van der Waals surface area contributed by atoms with E-state index in [-0.39, 0.29) is 60.1 Å². The molecule has 0 amide bonds. The Bertz CT molecular complexity index is 4920. The fourth-order valence-corrected chi connectivity index (χ4v) is 12.0. The number of carbonyl (C=O) groups is 3. The minimum atomic E-state index is -4.60. The molecule has 0 aliphatic carbocycles. The molecule has 0 bridgehead atoms. The van der Waals surface area contributed by atoms with Gasteiger partial charge < -0.3 is 19.4 Å². The van der Waals surface area contributed by atoms with Crippen LogP contribution in [-0.2, 0) is 46.6 Å². The average molecular weight is 1330 g/mol. The molecule has 3 fully saturated rings. The van der Waals surface area contributed by atoms with Gasteiger partial charge in [-0.1, -0.05) is 6.07 Å². The van der Waals surface area contributed by atoms with Gasteiger partial charge in [-0.2, -0.15) is 43.4 Å². The average Bonchev–Trinajstić information content (AvgIpc) is 1.75. The van der Waals surface area contributed by atoms with E-state index in [0.29, 0.717) is 121 Å². The molecule has 97 heavy (non-hydrogen) atoms. The van der Waals surface area contributed by atoms with Gasteiger partial charge in [0.2, 0.25) is 17.8 Å². The molecular formula is C66H63F6N21O4. The van der Waals surface area contributed by atoms with Crippen molar-refractivity contribution in [1.82, 2.24) is 88.1 Å². The summed E-state index contributed by atoms with van der Waals surface area (Å²) in [5, 5.41) is 25.8. The molecule has 3 atom stereocenters. The third-order valence-corrected chi connectivity index (χ3v) is 16.9. The second kappa shape index (κ2) is 26.9. The van der Waals surface area contributed by atoms with Crippen LogP contribution in [0.15, 0.2) is 128 Å². The van der Waals surface area contributed by atoms with Gasteiger partial charge in [-0.25, -0.2) is 31.7 Å². The van der Waals surface area contributed by atoms with Crippen molar-refractivity contribution in [1.29, 1.82) is 0 Å². The molecule has 25 nitrogen and oxygen atoms in total. The first kappa shape index (κ1) is 64.4. The lowest BCUT2D eigenvalue weighted by Gasteiger charge is -2.10. The third-order valence-electron chi connectivity index (χ3n) is 16.9. The number of Topliss-reactive ketones (excluding diaryl/α,β-unsaturated/α-hetero) is 3. The monoisotopic (exact) mass is 1330 g/mol. The van der Waals surface area contributed by atoms with Crippen LogP contribution in [0.5, 0.6) is 5.75 Å². The van der Waals surface area contributed by atoms with Crippen LogP contribution in [0.1, 0.15) is 78.7 Å². The van der Waals surface area contributed by atoms with Crippen LogP contribution in [0, 0.1) is 6.92 Å². The van der Waals surface area contributed by atoms with Gasteiger partial charge in [0.1, 0.15) is 47.0 Å². The summed E-state index contributed by atoms with van der Waals surface area (Å²) < 4.78 is 94.5. The first-order valence-corrected chi connectivity index (χ1v) is 31.0.